The van der Waals surface area contributed by atoms with Crippen molar-refractivity contribution < 1.29 is 9.47 Å². The molecule has 1 N–H and O–H groups in total. The minimum atomic E-state index is 0.599. The molecule has 0 radical (unpaired) electrons. The van der Waals surface area contributed by atoms with Gasteiger partial charge in [-0.1, -0.05) is 11.6 Å². The van der Waals surface area contributed by atoms with Crippen LogP contribution in [0.2, 0.25) is 5.02 Å². The van der Waals surface area contributed by atoms with E-state index in [1.54, 1.807) is 0 Å². The Kier molecular flexibility index (Phi) is 3.82. The predicted molar refractivity (Wildman–Crippen MR) is 75.3 cm³/mol. The average molecular weight is 283 g/mol. The lowest BCUT2D eigenvalue weighted by Gasteiger charge is -2.29. The third-order valence-electron chi connectivity index (χ3n) is 3.67. The molecule has 2 aliphatic heterocycles. The van der Waals surface area contributed by atoms with Crippen molar-refractivity contribution in [3.63, 3.8) is 0 Å². The van der Waals surface area contributed by atoms with Crippen LogP contribution >= 0.6 is 11.6 Å². The van der Waals surface area contributed by atoms with E-state index in [4.69, 9.17) is 21.1 Å². The number of halogens is 1. The zero-order valence-electron chi connectivity index (χ0n) is 11.2. The normalized spacial score (nSPS) is 19.5. The molecule has 0 spiro atoms. The molecule has 2 aliphatic rings. The van der Waals surface area contributed by atoms with Gasteiger partial charge in [-0.2, -0.15) is 0 Å². The second-order valence-electron chi connectivity index (χ2n) is 5.03. The number of piperazine rings is 1. The second kappa shape index (κ2) is 5.57. The largest absolute Gasteiger partial charge is 0.486 e. The van der Waals surface area contributed by atoms with E-state index in [2.05, 4.69) is 10.2 Å². The van der Waals surface area contributed by atoms with Crippen LogP contribution in [0.25, 0.3) is 0 Å². The van der Waals surface area contributed by atoms with E-state index in [1.165, 1.54) is 0 Å². The van der Waals surface area contributed by atoms with Crippen molar-refractivity contribution in [2.75, 3.05) is 39.4 Å². The fourth-order valence-electron chi connectivity index (χ4n) is 2.62. The molecule has 0 bridgehead atoms. The van der Waals surface area contributed by atoms with E-state index >= 15 is 0 Å². The number of nitrogens with zero attached hydrogens (tertiary/aromatic N) is 1. The van der Waals surface area contributed by atoms with Crippen LogP contribution in [-0.4, -0.2) is 44.3 Å². The highest BCUT2D eigenvalue weighted by atomic mass is 35.5. The Morgan fingerprint density at radius 3 is 2.79 bits per heavy atom. The molecule has 2 heterocycles. The average Bonchev–Trinajstić information content (AvgIpc) is 2.46. The maximum Gasteiger partial charge on any atom is 0.165 e. The van der Waals surface area contributed by atoms with E-state index in [9.17, 15) is 0 Å². The Morgan fingerprint density at radius 1 is 1.26 bits per heavy atom. The highest BCUT2D eigenvalue weighted by Gasteiger charge is 2.21. The molecule has 5 heteroatoms. The molecule has 0 aliphatic carbocycles. The summed E-state index contributed by atoms with van der Waals surface area (Å²) in [5.41, 5.74) is 2.12. The maximum atomic E-state index is 6.47. The Balaban J connectivity index is 1.86. The van der Waals surface area contributed by atoms with Crippen LogP contribution in [0.3, 0.4) is 0 Å². The highest BCUT2D eigenvalue weighted by Crippen LogP contribution is 2.40. The molecule has 4 nitrogen and oxygen atoms in total. The standard InChI is InChI=1S/C14H19ClN2O2/c1-10-13(15)11(9-17-4-2-16-3-5-17)8-12-14(10)19-7-6-18-12/h8,16H,2-7,9H2,1H3. The van der Waals surface area contributed by atoms with Crippen LogP contribution in [0.4, 0.5) is 0 Å². The molecule has 19 heavy (non-hydrogen) atoms. The van der Waals surface area contributed by atoms with E-state index in [-0.39, 0.29) is 0 Å². The lowest BCUT2D eigenvalue weighted by molar-refractivity contribution is 0.169. The Labute approximate surface area is 118 Å². The molecule has 0 saturated carbocycles. The molecule has 104 valence electrons. The Bertz CT molecular complexity index is 473. The number of hydrogen-bond donors (Lipinski definition) is 1. The van der Waals surface area contributed by atoms with Gasteiger partial charge in [0.05, 0.1) is 5.02 Å². The van der Waals surface area contributed by atoms with Crippen LogP contribution in [0.5, 0.6) is 11.5 Å². The Hall–Kier alpha value is -0.970. The first-order chi connectivity index (χ1) is 9.25. The van der Waals surface area contributed by atoms with E-state index in [0.29, 0.717) is 13.2 Å². The third-order valence-corrected chi connectivity index (χ3v) is 4.20. The van der Waals surface area contributed by atoms with E-state index < -0.39 is 0 Å². The first-order valence-electron chi connectivity index (χ1n) is 6.76. The summed E-state index contributed by atoms with van der Waals surface area (Å²) in [7, 11) is 0. The molecule has 1 aromatic carbocycles. The van der Waals surface area contributed by atoms with Crippen molar-refractivity contribution in [2.24, 2.45) is 0 Å². The fraction of sp³-hybridized carbons (Fsp3) is 0.571. The van der Waals surface area contributed by atoms with Gasteiger partial charge < -0.3 is 14.8 Å². The zero-order chi connectivity index (χ0) is 13.2. The van der Waals surface area contributed by atoms with Gasteiger partial charge in [-0.25, -0.2) is 0 Å². The molecule has 1 aromatic rings. The van der Waals surface area contributed by atoms with Crippen molar-refractivity contribution in [1.29, 1.82) is 0 Å². The molecular weight excluding hydrogens is 264 g/mol. The molecule has 0 atom stereocenters. The van der Waals surface area contributed by atoms with Gasteiger partial charge >= 0.3 is 0 Å². The Morgan fingerprint density at radius 2 is 2.00 bits per heavy atom. The third kappa shape index (κ3) is 2.66. The van der Waals surface area contributed by atoms with Gasteiger partial charge in [0.2, 0.25) is 0 Å². The van der Waals surface area contributed by atoms with Crippen LogP contribution < -0.4 is 14.8 Å². The highest BCUT2D eigenvalue weighted by molar-refractivity contribution is 6.32. The van der Waals surface area contributed by atoms with Gasteiger partial charge in [0.25, 0.3) is 0 Å². The summed E-state index contributed by atoms with van der Waals surface area (Å²) in [5, 5.41) is 4.17. The zero-order valence-corrected chi connectivity index (χ0v) is 11.9. The minimum Gasteiger partial charge on any atom is -0.486 e. The van der Waals surface area contributed by atoms with Crippen LogP contribution in [0.15, 0.2) is 6.07 Å². The smallest absolute Gasteiger partial charge is 0.165 e. The molecular formula is C14H19ClN2O2. The predicted octanol–water partition coefficient (Wildman–Crippen LogP) is 1.82. The van der Waals surface area contributed by atoms with Gasteiger partial charge in [0.15, 0.2) is 11.5 Å². The van der Waals surface area contributed by atoms with Crippen LogP contribution in [0.1, 0.15) is 11.1 Å². The molecule has 0 amide bonds. The van der Waals surface area contributed by atoms with Crippen molar-refractivity contribution in [3.8, 4) is 11.5 Å². The summed E-state index contributed by atoms with van der Waals surface area (Å²) in [4.78, 5) is 2.41. The molecule has 1 saturated heterocycles. The first-order valence-corrected chi connectivity index (χ1v) is 7.14. The lowest BCUT2D eigenvalue weighted by Crippen LogP contribution is -2.42. The number of ether oxygens (including phenoxy) is 2. The van der Waals surface area contributed by atoms with Crippen molar-refractivity contribution in [2.45, 2.75) is 13.5 Å². The van der Waals surface area contributed by atoms with Gasteiger partial charge in [0.1, 0.15) is 13.2 Å². The quantitative estimate of drug-likeness (QED) is 0.897. The van der Waals surface area contributed by atoms with Crippen LogP contribution in [0, 0.1) is 6.92 Å². The molecule has 1 fully saturated rings. The second-order valence-corrected chi connectivity index (χ2v) is 5.40. The summed E-state index contributed by atoms with van der Waals surface area (Å²) < 4.78 is 11.3. The molecule has 0 aromatic heterocycles. The van der Waals surface area contributed by atoms with E-state index in [1.807, 2.05) is 13.0 Å². The molecule has 0 unspecified atom stereocenters. The van der Waals surface area contributed by atoms with Gasteiger partial charge in [-0.15, -0.1) is 0 Å². The SMILES string of the molecule is Cc1c(Cl)c(CN2CCNCC2)cc2c1OCCO2. The lowest BCUT2D eigenvalue weighted by atomic mass is 10.1. The van der Waals surface area contributed by atoms with Crippen molar-refractivity contribution >= 4 is 11.6 Å². The summed E-state index contributed by atoms with van der Waals surface area (Å²) in [5.74, 6) is 1.64. The summed E-state index contributed by atoms with van der Waals surface area (Å²) >= 11 is 6.47. The monoisotopic (exact) mass is 282 g/mol. The number of fused-ring (bicyclic) bond motifs is 1. The topological polar surface area (TPSA) is 33.7 Å². The van der Waals surface area contributed by atoms with Gasteiger partial charge in [0, 0.05) is 38.3 Å². The van der Waals surface area contributed by atoms with Crippen molar-refractivity contribution in [3.05, 3.63) is 22.2 Å². The van der Waals surface area contributed by atoms with Crippen LogP contribution in [-0.2, 0) is 6.54 Å². The van der Waals surface area contributed by atoms with Gasteiger partial charge in [-0.05, 0) is 18.6 Å². The van der Waals surface area contributed by atoms with E-state index in [0.717, 1.165) is 60.4 Å². The number of hydrogen-bond acceptors (Lipinski definition) is 4. The number of benzene rings is 1. The molecule has 3 rings (SSSR count). The summed E-state index contributed by atoms with van der Waals surface area (Å²) in [6.07, 6.45) is 0. The number of rotatable bonds is 2. The number of nitrogens with one attached hydrogen (secondary N) is 1. The summed E-state index contributed by atoms with van der Waals surface area (Å²) in [6, 6.07) is 2.03. The summed E-state index contributed by atoms with van der Waals surface area (Å²) in [6.45, 7) is 8.29. The fourth-order valence-corrected chi connectivity index (χ4v) is 2.82. The maximum absolute atomic E-state index is 6.47. The minimum absolute atomic E-state index is 0.599. The van der Waals surface area contributed by atoms with Crippen molar-refractivity contribution in [1.82, 2.24) is 10.2 Å². The first kappa shape index (κ1) is 13.0. The van der Waals surface area contributed by atoms with Gasteiger partial charge in [-0.3, -0.25) is 4.90 Å².